The highest BCUT2D eigenvalue weighted by molar-refractivity contribution is 8.00. The van der Waals surface area contributed by atoms with E-state index in [1.165, 1.54) is 16.0 Å². The summed E-state index contributed by atoms with van der Waals surface area (Å²) in [5.74, 6) is 1.04. The Bertz CT molecular complexity index is 1090. The second-order valence-corrected chi connectivity index (χ2v) is 12.9. The molecule has 0 saturated carbocycles. The van der Waals surface area contributed by atoms with Gasteiger partial charge in [0.2, 0.25) is 5.91 Å². The van der Waals surface area contributed by atoms with E-state index >= 15 is 0 Å². The number of methoxy groups -OCH3 is 1. The van der Waals surface area contributed by atoms with Crippen molar-refractivity contribution in [1.82, 2.24) is 10.2 Å². The lowest BCUT2D eigenvalue weighted by molar-refractivity contribution is -0.126. The lowest BCUT2D eigenvalue weighted by Gasteiger charge is -2.30. The van der Waals surface area contributed by atoms with E-state index in [0.29, 0.717) is 17.7 Å². The summed E-state index contributed by atoms with van der Waals surface area (Å²) in [5.41, 5.74) is 2.74. The van der Waals surface area contributed by atoms with E-state index in [2.05, 4.69) is 46.6 Å². The van der Waals surface area contributed by atoms with Crippen LogP contribution in [-0.2, 0) is 27.5 Å². The van der Waals surface area contributed by atoms with Gasteiger partial charge in [-0.1, -0.05) is 24.3 Å². The van der Waals surface area contributed by atoms with Gasteiger partial charge in [-0.25, -0.2) is 8.42 Å². The number of carbonyl (C=O) groups is 1. The predicted molar refractivity (Wildman–Crippen MR) is 131 cm³/mol. The summed E-state index contributed by atoms with van der Waals surface area (Å²) >= 11 is 1.81. The Balaban J connectivity index is 1.31. The minimum atomic E-state index is -3.03. The van der Waals surface area contributed by atoms with Gasteiger partial charge in [0.15, 0.2) is 9.84 Å². The number of benzene rings is 2. The number of likely N-dealkylation sites (tertiary alicyclic amines) is 1. The normalized spacial score (nSPS) is 26.9. The summed E-state index contributed by atoms with van der Waals surface area (Å²) in [6, 6.07) is 16.4. The van der Waals surface area contributed by atoms with Crippen LogP contribution < -0.4 is 10.1 Å². The van der Waals surface area contributed by atoms with E-state index in [-0.39, 0.29) is 29.5 Å². The van der Waals surface area contributed by atoms with E-state index in [0.717, 1.165) is 31.6 Å². The standard InChI is InChI=1S/C25H30N2O4S2/c1-31-21-6-8-22(9-7-21)32-23-14-24(25(28)26-19-10-11-33(29,30)16-19)27(15-23)20-12-17-4-2-3-5-18(17)13-20/h2-9,19-20,23-24H,10-16H2,1H3,(H,26,28)/t19?,23-,24+/m1/s1. The number of rotatable bonds is 6. The molecular formula is C25H30N2O4S2. The summed E-state index contributed by atoms with van der Waals surface area (Å²) in [6.45, 7) is 0.844. The fourth-order valence-electron chi connectivity index (χ4n) is 5.39. The zero-order valence-corrected chi connectivity index (χ0v) is 20.4. The largest absolute Gasteiger partial charge is 0.497 e. The summed E-state index contributed by atoms with van der Waals surface area (Å²) < 4.78 is 29.0. The summed E-state index contributed by atoms with van der Waals surface area (Å²) in [5, 5.41) is 3.36. The van der Waals surface area contributed by atoms with E-state index in [9.17, 15) is 13.2 Å². The summed E-state index contributed by atoms with van der Waals surface area (Å²) in [7, 11) is -1.37. The molecule has 0 bridgehead atoms. The molecule has 2 fully saturated rings. The Kier molecular flexibility index (Phi) is 6.42. The average molecular weight is 487 g/mol. The van der Waals surface area contributed by atoms with Gasteiger partial charge < -0.3 is 10.1 Å². The molecule has 2 aliphatic heterocycles. The van der Waals surface area contributed by atoms with Crippen molar-refractivity contribution in [2.24, 2.45) is 0 Å². The van der Waals surface area contributed by atoms with Crippen LogP contribution in [0.15, 0.2) is 53.4 Å². The summed E-state index contributed by atoms with van der Waals surface area (Å²) in [6.07, 6.45) is 3.18. The van der Waals surface area contributed by atoms with Crippen LogP contribution in [0.4, 0.5) is 0 Å². The third-order valence-corrected chi connectivity index (χ3v) is 10.0. The summed E-state index contributed by atoms with van der Waals surface area (Å²) in [4.78, 5) is 16.9. The van der Waals surface area contributed by atoms with Crippen LogP contribution >= 0.6 is 11.8 Å². The number of amides is 1. The van der Waals surface area contributed by atoms with Crippen LogP contribution in [0.5, 0.6) is 5.75 Å². The molecule has 1 unspecified atom stereocenters. The Morgan fingerprint density at radius 1 is 1.09 bits per heavy atom. The third kappa shape index (κ3) is 5.08. The van der Waals surface area contributed by atoms with Gasteiger partial charge in [-0.2, -0.15) is 0 Å². The number of sulfone groups is 1. The van der Waals surface area contributed by atoms with E-state index in [1.54, 1.807) is 7.11 Å². The van der Waals surface area contributed by atoms with Gasteiger partial charge in [0.05, 0.1) is 24.7 Å². The van der Waals surface area contributed by atoms with Crippen molar-refractivity contribution in [3.63, 3.8) is 0 Å². The number of hydrogen-bond donors (Lipinski definition) is 1. The maximum Gasteiger partial charge on any atom is 0.237 e. The van der Waals surface area contributed by atoms with Crippen LogP contribution in [0.1, 0.15) is 24.0 Å². The maximum absolute atomic E-state index is 13.4. The first kappa shape index (κ1) is 22.7. The van der Waals surface area contributed by atoms with Gasteiger partial charge in [-0.3, -0.25) is 9.69 Å². The van der Waals surface area contributed by atoms with Crippen molar-refractivity contribution in [2.45, 2.75) is 54.0 Å². The second kappa shape index (κ2) is 9.31. The van der Waals surface area contributed by atoms with Crippen molar-refractivity contribution >= 4 is 27.5 Å². The van der Waals surface area contributed by atoms with Crippen LogP contribution in [0.2, 0.25) is 0 Å². The van der Waals surface area contributed by atoms with Crippen molar-refractivity contribution in [3.8, 4) is 5.75 Å². The molecule has 2 saturated heterocycles. The van der Waals surface area contributed by atoms with Gasteiger partial charge in [-0.05, 0) is 61.1 Å². The molecule has 0 radical (unpaired) electrons. The molecule has 6 nitrogen and oxygen atoms in total. The number of nitrogens with zero attached hydrogens (tertiary/aromatic N) is 1. The number of ether oxygens (including phenoxy) is 1. The van der Waals surface area contributed by atoms with Gasteiger partial charge in [0.1, 0.15) is 5.75 Å². The lowest BCUT2D eigenvalue weighted by Crippen LogP contribution is -2.50. The topological polar surface area (TPSA) is 75.7 Å². The van der Waals surface area contributed by atoms with Gasteiger partial charge in [0.25, 0.3) is 0 Å². The molecule has 1 N–H and O–H groups in total. The fourth-order valence-corrected chi connectivity index (χ4v) is 8.27. The molecule has 3 atom stereocenters. The third-order valence-electron chi connectivity index (χ3n) is 7.04. The molecule has 5 rings (SSSR count). The van der Waals surface area contributed by atoms with Gasteiger partial charge in [0, 0.05) is 28.8 Å². The minimum absolute atomic E-state index is 0.0223. The van der Waals surface area contributed by atoms with Crippen LogP contribution in [-0.4, -0.2) is 67.8 Å². The minimum Gasteiger partial charge on any atom is -0.497 e. The van der Waals surface area contributed by atoms with Crippen molar-refractivity contribution in [1.29, 1.82) is 0 Å². The molecule has 2 aromatic rings. The molecule has 2 heterocycles. The Morgan fingerprint density at radius 2 is 1.79 bits per heavy atom. The Hall–Kier alpha value is -2.03. The fraction of sp³-hybridized carbons (Fsp3) is 0.480. The molecule has 3 aliphatic rings. The Morgan fingerprint density at radius 3 is 2.39 bits per heavy atom. The molecule has 8 heteroatoms. The first-order valence-corrected chi connectivity index (χ1v) is 14.2. The van der Waals surface area contributed by atoms with Crippen LogP contribution in [0.3, 0.4) is 0 Å². The van der Waals surface area contributed by atoms with Crippen molar-refractivity contribution in [2.75, 3.05) is 25.2 Å². The molecule has 0 spiro atoms. The second-order valence-electron chi connectivity index (χ2n) is 9.30. The Labute approximate surface area is 200 Å². The highest BCUT2D eigenvalue weighted by Crippen LogP contribution is 2.37. The van der Waals surface area contributed by atoms with Crippen molar-refractivity contribution < 1.29 is 17.9 Å². The highest BCUT2D eigenvalue weighted by Gasteiger charge is 2.43. The first-order valence-electron chi connectivity index (χ1n) is 11.5. The van der Waals surface area contributed by atoms with E-state index in [4.69, 9.17) is 4.74 Å². The predicted octanol–water partition coefficient (Wildman–Crippen LogP) is 2.70. The van der Waals surface area contributed by atoms with Crippen LogP contribution in [0.25, 0.3) is 0 Å². The van der Waals surface area contributed by atoms with E-state index in [1.807, 2.05) is 23.9 Å². The smallest absolute Gasteiger partial charge is 0.237 e. The number of carbonyl (C=O) groups excluding carboxylic acids is 1. The quantitative estimate of drug-likeness (QED) is 0.677. The molecule has 2 aromatic carbocycles. The zero-order valence-electron chi connectivity index (χ0n) is 18.8. The molecular weight excluding hydrogens is 456 g/mol. The van der Waals surface area contributed by atoms with Gasteiger partial charge >= 0.3 is 0 Å². The number of hydrogen-bond acceptors (Lipinski definition) is 6. The van der Waals surface area contributed by atoms with Gasteiger partial charge in [-0.15, -0.1) is 11.8 Å². The van der Waals surface area contributed by atoms with E-state index < -0.39 is 9.84 Å². The van der Waals surface area contributed by atoms with Crippen LogP contribution in [0, 0.1) is 0 Å². The average Bonchev–Trinajstić information content (AvgIpc) is 3.50. The number of thioether (sulfide) groups is 1. The SMILES string of the molecule is COc1ccc(S[C@@H]2C[C@@H](C(=O)NC3CCS(=O)(=O)C3)N(C3Cc4ccccc4C3)C2)cc1. The number of fused-ring (bicyclic) bond motifs is 1. The molecule has 33 heavy (non-hydrogen) atoms. The molecule has 176 valence electrons. The highest BCUT2D eigenvalue weighted by atomic mass is 32.2. The maximum atomic E-state index is 13.4. The molecule has 0 aromatic heterocycles. The molecule has 1 aliphatic carbocycles. The lowest BCUT2D eigenvalue weighted by atomic mass is 10.1. The number of nitrogens with one attached hydrogen (secondary N) is 1. The first-order chi connectivity index (χ1) is 15.9. The monoisotopic (exact) mass is 486 g/mol. The molecule has 1 amide bonds. The van der Waals surface area contributed by atoms with Crippen molar-refractivity contribution in [3.05, 3.63) is 59.7 Å². The zero-order chi connectivity index (χ0) is 23.0.